The lowest BCUT2D eigenvalue weighted by Gasteiger charge is -2.21. The molecule has 0 fully saturated rings. The molecule has 0 aliphatic rings. The van der Waals surface area contributed by atoms with E-state index < -0.39 is 0 Å². The van der Waals surface area contributed by atoms with Gasteiger partial charge in [-0.25, -0.2) is 0 Å². The Morgan fingerprint density at radius 1 is 0.962 bits per heavy atom. The minimum atomic E-state index is -0.0393. The van der Waals surface area contributed by atoms with Crippen LogP contribution in [-0.4, -0.2) is 31.4 Å². The highest BCUT2D eigenvalue weighted by Gasteiger charge is 2.15. The van der Waals surface area contributed by atoms with Gasteiger partial charge in [-0.3, -0.25) is 9.59 Å². The fourth-order valence-corrected chi connectivity index (χ4v) is 2.59. The third kappa shape index (κ3) is 5.62. The highest BCUT2D eigenvalue weighted by molar-refractivity contribution is 6.06. The molecule has 5 nitrogen and oxygen atoms in total. The van der Waals surface area contributed by atoms with Crippen LogP contribution in [0, 0.1) is 0 Å². The largest absolute Gasteiger partial charge is 0.376 e. The van der Waals surface area contributed by atoms with Crippen LogP contribution in [0.5, 0.6) is 0 Å². The monoisotopic (exact) mass is 353 g/mol. The predicted octanol–water partition coefficient (Wildman–Crippen LogP) is 3.68. The predicted molar refractivity (Wildman–Crippen MR) is 107 cm³/mol. The summed E-state index contributed by atoms with van der Waals surface area (Å²) in [5.74, 6) is -0.0672. The number of carbonyl (C=O) groups is 2. The summed E-state index contributed by atoms with van der Waals surface area (Å²) < 4.78 is 0. The number of hydrogen-bond acceptors (Lipinski definition) is 3. The van der Waals surface area contributed by atoms with Crippen LogP contribution < -0.4 is 15.5 Å². The number of amides is 2. The number of unbranched alkanes of at least 4 members (excludes halogenated alkanes) is 1. The highest BCUT2D eigenvalue weighted by Crippen LogP contribution is 2.18. The van der Waals surface area contributed by atoms with E-state index in [4.69, 9.17) is 0 Å². The summed E-state index contributed by atoms with van der Waals surface area (Å²) in [4.78, 5) is 26.2. The first-order valence-corrected chi connectivity index (χ1v) is 9.13. The van der Waals surface area contributed by atoms with Crippen LogP contribution in [0.1, 0.15) is 37.0 Å². The quantitative estimate of drug-likeness (QED) is 0.676. The molecule has 0 unspecified atom stereocenters. The SMILES string of the molecule is CCCCNC(=O)CNc1ccc(C(=O)N(CC)c2ccccc2)cc1. The third-order valence-electron chi connectivity index (χ3n) is 4.07. The fourth-order valence-electron chi connectivity index (χ4n) is 2.59. The van der Waals surface area contributed by atoms with E-state index in [0.29, 0.717) is 18.7 Å². The first kappa shape index (κ1) is 19.5. The van der Waals surface area contributed by atoms with Crippen LogP contribution >= 0.6 is 0 Å². The standard InChI is InChI=1S/C21H27N3O2/c1-3-5-15-22-20(25)16-23-18-13-11-17(12-14-18)21(26)24(4-2)19-9-7-6-8-10-19/h6-14,23H,3-5,15-16H2,1-2H3,(H,22,25). The number of rotatable bonds is 9. The van der Waals surface area contributed by atoms with E-state index in [1.165, 1.54) is 0 Å². The summed E-state index contributed by atoms with van der Waals surface area (Å²) in [5, 5.41) is 5.94. The van der Waals surface area contributed by atoms with E-state index in [9.17, 15) is 9.59 Å². The van der Waals surface area contributed by atoms with E-state index in [-0.39, 0.29) is 18.4 Å². The molecule has 2 aromatic carbocycles. The molecular weight excluding hydrogens is 326 g/mol. The Kier molecular flexibility index (Phi) is 7.68. The van der Waals surface area contributed by atoms with E-state index >= 15 is 0 Å². The summed E-state index contributed by atoms with van der Waals surface area (Å²) in [6, 6.07) is 16.8. The number of nitrogens with one attached hydrogen (secondary N) is 2. The topological polar surface area (TPSA) is 61.4 Å². The van der Waals surface area contributed by atoms with Gasteiger partial charge >= 0.3 is 0 Å². The Balaban J connectivity index is 1.93. The van der Waals surface area contributed by atoms with Crippen molar-refractivity contribution in [3.8, 4) is 0 Å². The van der Waals surface area contributed by atoms with Gasteiger partial charge in [-0.1, -0.05) is 31.5 Å². The van der Waals surface area contributed by atoms with E-state index in [1.54, 1.807) is 17.0 Å². The zero-order valence-corrected chi connectivity index (χ0v) is 15.5. The molecule has 2 rings (SSSR count). The second-order valence-corrected chi connectivity index (χ2v) is 6.02. The van der Waals surface area contributed by atoms with Gasteiger partial charge in [-0.05, 0) is 49.7 Å². The van der Waals surface area contributed by atoms with Gasteiger partial charge in [-0.15, -0.1) is 0 Å². The molecule has 0 heterocycles. The molecule has 0 bridgehead atoms. The van der Waals surface area contributed by atoms with Crippen molar-refractivity contribution in [1.29, 1.82) is 0 Å². The number of anilines is 2. The zero-order valence-electron chi connectivity index (χ0n) is 15.5. The lowest BCUT2D eigenvalue weighted by atomic mass is 10.1. The smallest absolute Gasteiger partial charge is 0.258 e. The van der Waals surface area contributed by atoms with Gasteiger partial charge in [0.2, 0.25) is 5.91 Å². The molecule has 0 saturated carbocycles. The maximum Gasteiger partial charge on any atom is 0.258 e. The molecule has 5 heteroatoms. The van der Waals surface area contributed by atoms with Crippen molar-refractivity contribution >= 4 is 23.2 Å². The van der Waals surface area contributed by atoms with Gasteiger partial charge in [-0.2, -0.15) is 0 Å². The van der Waals surface area contributed by atoms with Crippen molar-refractivity contribution in [1.82, 2.24) is 5.32 Å². The van der Waals surface area contributed by atoms with Crippen molar-refractivity contribution in [2.75, 3.05) is 29.9 Å². The molecule has 0 aliphatic carbocycles. The Hall–Kier alpha value is -2.82. The number of hydrogen-bond donors (Lipinski definition) is 2. The second kappa shape index (κ2) is 10.2. The van der Waals surface area contributed by atoms with Crippen molar-refractivity contribution in [3.63, 3.8) is 0 Å². The van der Waals surface area contributed by atoms with Gasteiger partial charge in [0.05, 0.1) is 6.54 Å². The molecule has 0 atom stereocenters. The minimum absolute atomic E-state index is 0.0279. The molecule has 0 aromatic heterocycles. The van der Waals surface area contributed by atoms with Crippen LogP contribution in [-0.2, 0) is 4.79 Å². The number of nitrogens with zero attached hydrogens (tertiary/aromatic N) is 1. The highest BCUT2D eigenvalue weighted by atomic mass is 16.2. The molecule has 0 spiro atoms. The minimum Gasteiger partial charge on any atom is -0.376 e. The maximum absolute atomic E-state index is 12.7. The molecule has 0 aliphatic heterocycles. The summed E-state index contributed by atoms with van der Waals surface area (Å²) >= 11 is 0. The molecule has 2 aromatic rings. The van der Waals surface area contributed by atoms with Crippen molar-refractivity contribution in [2.24, 2.45) is 0 Å². The van der Waals surface area contributed by atoms with Crippen LogP contribution in [0.3, 0.4) is 0 Å². The molecule has 138 valence electrons. The molecule has 2 N–H and O–H groups in total. The fraction of sp³-hybridized carbons (Fsp3) is 0.333. The Labute approximate surface area is 155 Å². The second-order valence-electron chi connectivity index (χ2n) is 6.02. The number of benzene rings is 2. The molecule has 0 saturated heterocycles. The van der Waals surface area contributed by atoms with Gasteiger partial charge in [0.1, 0.15) is 0 Å². The molecule has 2 amide bonds. The van der Waals surface area contributed by atoms with Gasteiger partial charge < -0.3 is 15.5 Å². The van der Waals surface area contributed by atoms with E-state index in [1.807, 2.05) is 49.4 Å². The van der Waals surface area contributed by atoms with E-state index in [0.717, 1.165) is 24.2 Å². The first-order chi connectivity index (χ1) is 12.7. The normalized spacial score (nSPS) is 10.2. The van der Waals surface area contributed by atoms with Crippen LogP contribution in [0.15, 0.2) is 54.6 Å². The Morgan fingerprint density at radius 2 is 1.65 bits per heavy atom. The van der Waals surface area contributed by atoms with Crippen molar-refractivity contribution in [2.45, 2.75) is 26.7 Å². The average Bonchev–Trinajstić information content (AvgIpc) is 2.68. The lowest BCUT2D eigenvalue weighted by Crippen LogP contribution is -2.31. The van der Waals surface area contributed by atoms with Crippen LogP contribution in [0.25, 0.3) is 0 Å². The number of para-hydroxylation sites is 1. The van der Waals surface area contributed by atoms with Crippen LogP contribution in [0.2, 0.25) is 0 Å². The summed E-state index contributed by atoms with van der Waals surface area (Å²) in [7, 11) is 0. The summed E-state index contributed by atoms with van der Waals surface area (Å²) in [5.41, 5.74) is 2.31. The van der Waals surface area contributed by atoms with Crippen molar-refractivity contribution in [3.05, 3.63) is 60.2 Å². The summed E-state index contributed by atoms with van der Waals surface area (Å²) in [6.07, 6.45) is 2.04. The average molecular weight is 353 g/mol. The van der Waals surface area contributed by atoms with Gasteiger partial charge in [0.15, 0.2) is 0 Å². The number of carbonyl (C=O) groups excluding carboxylic acids is 2. The Bertz CT molecular complexity index is 699. The molecular formula is C21H27N3O2. The zero-order chi connectivity index (χ0) is 18.8. The van der Waals surface area contributed by atoms with Crippen molar-refractivity contribution < 1.29 is 9.59 Å². The maximum atomic E-state index is 12.7. The molecule has 0 radical (unpaired) electrons. The summed E-state index contributed by atoms with van der Waals surface area (Å²) in [6.45, 7) is 5.57. The van der Waals surface area contributed by atoms with Gasteiger partial charge in [0, 0.05) is 30.0 Å². The van der Waals surface area contributed by atoms with Crippen LogP contribution in [0.4, 0.5) is 11.4 Å². The first-order valence-electron chi connectivity index (χ1n) is 9.13. The Morgan fingerprint density at radius 3 is 2.27 bits per heavy atom. The lowest BCUT2D eigenvalue weighted by molar-refractivity contribution is -0.119. The molecule has 26 heavy (non-hydrogen) atoms. The van der Waals surface area contributed by atoms with Gasteiger partial charge in [0.25, 0.3) is 5.91 Å². The third-order valence-corrected chi connectivity index (χ3v) is 4.07. The van der Waals surface area contributed by atoms with E-state index in [2.05, 4.69) is 17.6 Å².